The molecule has 8 heteroatoms. The van der Waals surface area contributed by atoms with Gasteiger partial charge < -0.3 is 5.11 Å². The van der Waals surface area contributed by atoms with Gasteiger partial charge in [0.05, 0.1) is 0 Å². The van der Waals surface area contributed by atoms with E-state index in [1.807, 2.05) is 30.3 Å². The fourth-order valence-corrected chi connectivity index (χ4v) is 3.70. The number of phenols is 1. The molecule has 0 bridgehead atoms. The number of rotatable bonds is 1. The quantitative estimate of drug-likeness (QED) is 0.303. The molecule has 0 aliphatic heterocycles. The first-order valence-electron chi connectivity index (χ1n) is 6.34. The van der Waals surface area contributed by atoms with Crippen LogP contribution in [0.3, 0.4) is 0 Å². The fraction of sp³-hybridized carbons (Fsp3) is 0. The summed E-state index contributed by atoms with van der Waals surface area (Å²) in [6.45, 7) is 0. The van der Waals surface area contributed by atoms with Crippen molar-refractivity contribution in [3.8, 4) is 5.75 Å². The van der Waals surface area contributed by atoms with Gasteiger partial charge in [-0.2, -0.15) is 8.42 Å². The molecule has 0 fully saturated rings. The van der Waals surface area contributed by atoms with Gasteiger partial charge in [0.15, 0.2) is 0 Å². The second-order valence-corrected chi connectivity index (χ2v) is 6.44. The molecule has 0 amide bonds. The Kier molecular flexibility index (Phi) is 7.66. The third kappa shape index (κ3) is 3.55. The van der Waals surface area contributed by atoms with Crippen molar-refractivity contribution < 1.29 is 18.1 Å². The number of aromatic hydroxyl groups is 1. The van der Waals surface area contributed by atoms with E-state index in [-0.39, 0.29) is 99.3 Å². The van der Waals surface area contributed by atoms with E-state index in [9.17, 15) is 18.1 Å². The van der Waals surface area contributed by atoms with Crippen molar-refractivity contribution >= 4 is 131 Å². The molecule has 0 saturated heterocycles. The summed E-state index contributed by atoms with van der Waals surface area (Å²) >= 11 is 0. The molecule has 0 aliphatic carbocycles. The molecule has 0 radical (unpaired) electrons. The Hall–Kier alpha value is 0.630. The van der Waals surface area contributed by atoms with Crippen LogP contribution in [0, 0.1) is 0 Å². The first kappa shape index (κ1) is 22.7. The summed E-state index contributed by atoms with van der Waals surface area (Å²) in [6.07, 6.45) is 0. The van der Waals surface area contributed by atoms with Gasteiger partial charge in [0.25, 0.3) is 10.1 Å². The van der Waals surface area contributed by atoms with Crippen LogP contribution in [-0.4, -0.2) is 107 Å². The molecule has 0 saturated carbocycles. The average Bonchev–Trinajstić information content (AvgIpc) is 2.45. The predicted molar refractivity (Wildman–Crippen MR) is 103 cm³/mol. The van der Waals surface area contributed by atoms with Crippen LogP contribution in [0.1, 0.15) is 0 Å². The van der Waals surface area contributed by atoms with E-state index < -0.39 is 10.1 Å². The summed E-state index contributed by atoms with van der Waals surface area (Å²) in [6, 6.07) is 14.0. The second kappa shape index (κ2) is 8.11. The molecule has 0 heterocycles. The summed E-state index contributed by atoms with van der Waals surface area (Å²) in [5, 5.41) is 14.5. The van der Waals surface area contributed by atoms with Crippen molar-refractivity contribution in [1.29, 1.82) is 0 Å². The van der Waals surface area contributed by atoms with Crippen LogP contribution in [-0.2, 0) is 10.1 Å². The molecular formula is C16H13Na3O4S. The zero-order valence-electron chi connectivity index (χ0n) is 10.7. The molecule has 0 aromatic heterocycles. The number of hydrogen-bond donors (Lipinski definition) is 2. The fourth-order valence-electron chi connectivity index (χ4n) is 2.99. The Balaban J connectivity index is 0.000000960. The van der Waals surface area contributed by atoms with E-state index in [0.717, 1.165) is 22.2 Å². The van der Waals surface area contributed by atoms with Crippen LogP contribution >= 0.6 is 0 Å². The topological polar surface area (TPSA) is 74.6 Å². The minimum absolute atomic E-state index is 0. The average molecular weight is 370 g/mol. The maximum atomic E-state index is 11.6. The molecule has 2 N–H and O–H groups in total. The van der Waals surface area contributed by atoms with Crippen molar-refractivity contribution in [3.63, 3.8) is 0 Å². The third-order valence-electron chi connectivity index (χ3n) is 3.86. The molecule has 0 unspecified atom stereocenters. The van der Waals surface area contributed by atoms with Gasteiger partial charge in [-0.3, -0.25) is 4.55 Å². The van der Waals surface area contributed by atoms with Gasteiger partial charge in [-0.1, -0.05) is 42.5 Å². The Labute approximate surface area is 205 Å². The van der Waals surface area contributed by atoms with E-state index in [2.05, 4.69) is 0 Å². The summed E-state index contributed by atoms with van der Waals surface area (Å²) in [4.78, 5) is -0.272. The molecule has 4 rings (SSSR count). The zero-order chi connectivity index (χ0) is 14.8. The van der Waals surface area contributed by atoms with Gasteiger partial charge in [0.2, 0.25) is 0 Å². The predicted octanol–water partition coefficient (Wildman–Crippen LogP) is 1.59. The van der Waals surface area contributed by atoms with Crippen molar-refractivity contribution in [2.75, 3.05) is 0 Å². The molecular weight excluding hydrogens is 357 g/mol. The Morgan fingerprint density at radius 3 is 1.83 bits per heavy atom. The summed E-state index contributed by atoms with van der Waals surface area (Å²) in [5.74, 6) is -0.159. The van der Waals surface area contributed by atoms with Gasteiger partial charge in [-0.15, -0.1) is 0 Å². The van der Waals surface area contributed by atoms with Crippen LogP contribution in [0.5, 0.6) is 5.75 Å². The van der Waals surface area contributed by atoms with Crippen molar-refractivity contribution in [2.24, 2.45) is 0 Å². The normalized spacial score (nSPS) is 11.0. The van der Waals surface area contributed by atoms with Crippen molar-refractivity contribution in [3.05, 3.63) is 48.5 Å². The maximum absolute atomic E-state index is 11.6. The van der Waals surface area contributed by atoms with E-state index in [1.165, 1.54) is 0 Å². The summed E-state index contributed by atoms with van der Waals surface area (Å²) < 4.78 is 32.6. The van der Waals surface area contributed by atoms with E-state index in [0.29, 0.717) is 16.2 Å². The zero-order valence-corrected chi connectivity index (χ0v) is 11.6. The molecule has 0 spiro atoms. The monoisotopic (exact) mass is 370 g/mol. The van der Waals surface area contributed by atoms with Gasteiger partial charge in [0.1, 0.15) is 10.6 Å². The van der Waals surface area contributed by atoms with Crippen LogP contribution in [0.2, 0.25) is 0 Å². The molecule has 4 aromatic carbocycles. The van der Waals surface area contributed by atoms with Gasteiger partial charge >= 0.3 is 88.7 Å². The number of phenolic OH excluding ortho intramolecular Hbond substituents is 1. The van der Waals surface area contributed by atoms with Crippen LogP contribution in [0.4, 0.5) is 0 Å². The first-order chi connectivity index (χ1) is 9.97. The van der Waals surface area contributed by atoms with Gasteiger partial charge in [0, 0.05) is 22.2 Å². The first-order valence-corrected chi connectivity index (χ1v) is 7.78. The van der Waals surface area contributed by atoms with Crippen molar-refractivity contribution in [1.82, 2.24) is 0 Å². The Morgan fingerprint density at radius 2 is 1.29 bits per heavy atom. The van der Waals surface area contributed by atoms with Crippen LogP contribution in [0.15, 0.2) is 53.4 Å². The number of hydrogen-bond acceptors (Lipinski definition) is 3. The Morgan fingerprint density at radius 1 is 0.750 bits per heavy atom. The summed E-state index contributed by atoms with van der Waals surface area (Å²) in [7, 11) is -4.41. The van der Waals surface area contributed by atoms with Gasteiger partial charge in [-0.05, 0) is 16.2 Å². The Bertz CT molecular complexity index is 1110. The van der Waals surface area contributed by atoms with E-state index in [4.69, 9.17) is 0 Å². The second-order valence-electron chi connectivity index (χ2n) is 5.05. The molecule has 0 atom stereocenters. The van der Waals surface area contributed by atoms with E-state index >= 15 is 0 Å². The molecule has 0 aliphatic rings. The SMILES string of the molecule is O=S(=O)(O)c1cc(O)c2ccc3cccc4ccc1c2c34.[NaH].[NaH].[NaH]. The number of benzene rings is 4. The molecule has 110 valence electrons. The standard InChI is InChI=1S/C16H10O4S.3Na.3H/c17-13-8-14(21(18,19)20)12-7-5-10-3-1-2-9-4-6-11(13)16(12)15(9)10;;;;;;/h1-8,17H,(H,18,19,20);;;;;;. The van der Waals surface area contributed by atoms with Gasteiger partial charge in [-0.25, -0.2) is 0 Å². The minimum atomic E-state index is -4.41. The van der Waals surface area contributed by atoms with Crippen LogP contribution in [0.25, 0.3) is 32.3 Å². The van der Waals surface area contributed by atoms with Crippen LogP contribution < -0.4 is 0 Å². The summed E-state index contributed by atoms with van der Waals surface area (Å²) in [5.41, 5.74) is 0. The third-order valence-corrected chi connectivity index (χ3v) is 4.76. The molecule has 4 nitrogen and oxygen atoms in total. The molecule has 4 aromatic rings. The van der Waals surface area contributed by atoms with Crippen molar-refractivity contribution in [2.45, 2.75) is 4.90 Å². The van der Waals surface area contributed by atoms with E-state index in [1.54, 1.807) is 12.1 Å². The molecule has 24 heavy (non-hydrogen) atoms.